The van der Waals surface area contributed by atoms with Crippen molar-refractivity contribution in [1.82, 2.24) is 20.1 Å². The molecular formula is C22H24ClFN4OS. The minimum absolute atomic E-state index is 0.117. The lowest BCUT2D eigenvalue weighted by Crippen LogP contribution is -2.28. The van der Waals surface area contributed by atoms with E-state index in [2.05, 4.69) is 29.4 Å². The van der Waals surface area contributed by atoms with Crippen LogP contribution in [0.1, 0.15) is 32.4 Å². The van der Waals surface area contributed by atoms with Gasteiger partial charge in [-0.2, -0.15) is 0 Å². The second-order valence-corrected chi connectivity index (χ2v) is 8.80. The number of rotatable bonds is 8. The molecule has 1 aromatic heterocycles. The second kappa shape index (κ2) is 10.1. The summed E-state index contributed by atoms with van der Waals surface area (Å²) < 4.78 is 16.2. The van der Waals surface area contributed by atoms with Crippen LogP contribution in [0.3, 0.4) is 0 Å². The number of benzene rings is 2. The molecule has 1 unspecified atom stereocenters. The largest absolute Gasteiger partial charge is 0.349 e. The summed E-state index contributed by atoms with van der Waals surface area (Å²) in [7, 11) is 0. The summed E-state index contributed by atoms with van der Waals surface area (Å²) in [5.74, 6) is 0.504. The molecule has 0 spiro atoms. The smallest absolute Gasteiger partial charge is 0.230 e. The van der Waals surface area contributed by atoms with E-state index in [1.165, 1.54) is 17.8 Å². The summed E-state index contributed by atoms with van der Waals surface area (Å²) in [5.41, 5.74) is 1.38. The fourth-order valence-corrected chi connectivity index (χ4v) is 3.90. The van der Waals surface area contributed by atoms with Crippen molar-refractivity contribution in [2.75, 3.05) is 5.75 Å². The summed E-state index contributed by atoms with van der Waals surface area (Å²) in [5, 5.41) is 12.6. The molecule has 3 rings (SSSR count). The predicted molar refractivity (Wildman–Crippen MR) is 119 cm³/mol. The number of amides is 1. The maximum atomic E-state index is 14.3. The van der Waals surface area contributed by atoms with Crippen molar-refractivity contribution in [2.24, 2.45) is 5.92 Å². The first kappa shape index (κ1) is 22.3. The second-order valence-electron chi connectivity index (χ2n) is 7.42. The Morgan fingerprint density at radius 3 is 2.50 bits per heavy atom. The lowest BCUT2D eigenvalue weighted by Gasteiger charge is -2.15. The SMILES string of the molecule is CC(C)Cn1c(SCC(=O)NC(C)c2ccc(Cl)cc2)nnc1-c1ccccc1F. The minimum atomic E-state index is -0.346. The quantitative estimate of drug-likeness (QED) is 0.473. The van der Waals surface area contributed by atoms with Crippen molar-refractivity contribution in [1.29, 1.82) is 0 Å². The van der Waals surface area contributed by atoms with Gasteiger partial charge in [0, 0.05) is 11.6 Å². The van der Waals surface area contributed by atoms with Crippen molar-refractivity contribution in [2.45, 2.75) is 38.5 Å². The van der Waals surface area contributed by atoms with Crippen molar-refractivity contribution < 1.29 is 9.18 Å². The number of carbonyl (C=O) groups excluding carboxylic acids is 1. The Balaban J connectivity index is 1.71. The highest BCUT2D eigenvalue weighted by molar-refractivity contribution is 7.99. The first-order chi connectivity index (χ1) is 14.3. The van der Waals surface area contributed by atoms with Gasteiger partial charge in [-0.05, 0) is 42.7 Å². The van der Waals surface area contributed by atoms with Gasteiger partial charge in [0.1, 0.15) is 5.82 Å². The van der Waals surface area contributed by atoms with Crippen LogP contribution >= 0.6 is 23.4 Å². The topological polar surface area (TPSA) is 59.8 Å². The predicted octanol–water partition coefficient (Wildman–Crippen LogP) is 5.36. The molecule has 0 aliphatic heterocycles. The van der Waals surface area contributed by atoms with Gasteiger partial charge in [-0.3, -0.25) is 4.79 Å². The van der Waals surface area contributed by atoms with Crippen molar-refractivity contribution >= 4 is 29.3 Å². The number of nitrogens with zero attached hydrogens (tertiary/aromatic N) is 3. The van der Waals surface area contributed by atoms with Crippen LogP contribution in [0, 0.1) is 11.7 Å². The third-order valence-electron chi connectivity index (χ3n) is 4.46. The molecule has 1 amide bonds. The Bertz CT molecular complexity index is 1010. The zero-order valence-electron chi connectivity index (χ0n) is 17.1. The van der Waals surface area contributed by atoms with Crippen LogP contribution in [0.25, 0.3) is 11.4 Å². The summed E-state index contributed by atoms with van der Waals surface area (Å²) in [6, 6.07) is 13.7. The minimum Gasteiger partial charge on any atom is -0.349 e. The van der Waals surface area contributed by atoms with Crippen molar-refractivity contribution in [3.63, 3.8) is 0 Å². The van der Waals surface area contributed by atoms with E-state index >= 15 is 0 Å². The molecular weight excluding hydrogens is 423 g/mol. The molecule has 0 aliphatic rings. The number of hydrogen-bond donors (Lipinski definition) is 1. The molecule has 30 heavy (non-hydrogen) atoms. The van der Waals surface area contributed by atoms with Gasteiger partial charge in [-0.25, -0.2) is 4.39 Å². The first-order valence-corrected chi connectivity index (χ1v) is 11.1. The van der Waals surface area contributed by atoms with E-state index in [0.717, 1.165) is 5.56 Å². The van der Waals surface area contributed by atoms with E-state index in [4.69, 9.17) is 11.6 Å². The summed E-state index contributed by atoms with van der Waals surface area (Å²) in [6.07, 6.45) is 0. The lowest BCUT2D eigenvalue weighted by atomic mass is 10.1. The van der Waals surface area contributed by atoms with Crippen LogP contribution in [-0.2, 0) is 11.3 Å². The molecule has 1 N–H and O–H groups in total. The number of thioether (sulfide) groups is 1. The molecule has 0 saturated carbocycles. The third-order valence-corrected chi connectivity index (χ3v) is 5.68. The molecule has 3 aromatic rings. The molecule has 0 saturated heterocycles. The van der Waals surface area contributed by atoms with Gasteiger partial charge in [-0.1, -0.05) is 61.5 Å². The molecule has 2 aromatic carbocycles. The van der Waals surface area contributed by atoms with Gasteiger partial charge in [0.2, 0.25) is 5.91 Å². The lowest BCUT2D eigenvalue weighted by molar-refractivity contribution is -0.119. The zero-order valence-corrected chi connectivity index (χ0v) is 18.7. The average Bonchev–Trinajstić information content (AvgIpc) is 3.09. The Morgan fingerprint density at radius 1 is 1.13 bits per heavy atom. The van der Waals surface area contributed by atoms with Gasteiger partial charge in [0.15, 0.2) is 11.0 Å². The molecule has 1 heterocycles. The average molecular weight is 447 g/mol. The number of aromatic nitrogens is 3. The third kappa shape index (κ3) is 5.61. The monoisotopic (exact) mass is 446 g/mol. The van der Waals surface area contributed by atoms with Crippen LogP contribution in [0.2, 0.25) is 5.02 Å². The molecule has 0 radical (unpaired) electrons. The highest BCUT2D eigenvalue weighted by Crippen LogP contribution is 2.27. The van der Waals surface area contributed by atoms with Crippen LogP contribution in [0.4, 0.5) is 4.39 Å². The van der Waals surface area contributed by atoms with E-state index in [-0.39, 0.29) is 23.5 Å². The van der Waals surface area contributed by atoms with Gasteiger partial charge in [-0.15, -0.1) is 10.2 Å². The number of halogens is 2. The Hall–Kier alpha value is -2.38. The fraction of sp³-hybridized carbons (Fsp3) is 0.318. The van der Waals surface area contributed by atoms with Crippen LogP contribution in [-0.4, -0.2) is 26.4 Å². The molecule has 5 nitrogen and oxygen atoms in total. The Morgan fingerprint density at radius 2 is 1.83 bits per heavy atom. The molecule has 8 heteroatoms. The highest BCUT2D eigenvalue weighted by Gasteiger charge is 2.19. The van der Waals surface area contributed by atoms with Crippen molar-refractivity contribution in [3.05, 3.63) is 64.9 Å². The van der Waals surface area contributed by atoms with Gasteiger partial charge < -0.3 is 9.88 Å². The highest BCUT2D eigenvalue weighted by atomic mass is 35.5. The van der Waals surface area contributed by atoms with Crippen LogP contribution < -0.4 is 5.32 Å². The molecule has 158 valence electrons. The Kier molecular flexibility index (Phi) is 7.50. The number of hydrogen-bond acceptors (Lipinski definition) is 4. The van der Waals surface area contributed by atoms with E-state index in [0.29, 0.717) is 34.0 Å². The summed E-state index contributed by atoms with van der Waals surface area (Å²) >= 11 is 7.21. The number of nitrogens with one attached hydrogen (secondary N) is 1. The van der Waals surface area contributed by atoms with Gasteiger partial charge in [0.05, 0.1) is 17.4 Å². The van der Waals surface area contributed by atoms with Crippen LogP contribution in [0.15, 0.2) is 53.7 Å². The van der Waals surface area contributed by atoms with Crippen molar-refractivity contribution in [3.8, 4) is 11.4 Å². The zero-order chi connectivity index (χ0) is 21.7. The standard InChI is InChI=1S/C22H24ClFN4OS/c1-14(2)12-28-21(18-6-4-5-7-19(18)24)26-27-22(28)30-13-20(29)25-15(3)16-8-10-17(23)11-9-16/h4-11,14-15H,12-13H2,1-3H3,(H,25,29). The van der Waals surface area contributed by atoms with E-state index in [9.17, 15) is 9.18 Å². The first-order valence-electron chi connectivity index (χ1n) is 9.71. The molecule has 0 aliphatic carbocycles. The maximum absolute atomic E-state index is 14.3. The molecule has 1 atom stereocenters. The van der Waals surface area contributed by atoms with E-state index < -0.39 is 0 Å². The summed E-state index contributed by atoms with van der Waals surface area (Å²) in [6.45, 7) is 6.69. The summed E-state index contributed by atoms with van der Waals surface area (Å²) in [4.78, 5) is 12.5. The normalized spacial score (nSPS) is 12.2. The van der Waals surface area contributed by atoms with Gasteiger partial charge >= 0.3 is 0 Å². The van der Waals surface area contributed by atoms with E-state index in [1.54, 1.807) is 30.3 Å². The molecule has 0 bridgehead atoms. The number of carbonyl (C=O) groups is 1. The maximum Gasteiger partial charge on any atom is 0.230 e. The van der Waals surface area contributed by atoms with E-state index in [1.807, 2.05) is 23.6 Å². The van der Waals surface area contributed by atoms with Crippen LogP contribution in [0.5, 0.6) is 0 Å². The fourth-order valence-electron chi connectivity index (χ4n) is 3.02. The Labute approximate surface area is 185 Å². The van der Waals surface area contributed by atoms with Gasteiger partial charge in [0.25, 0.3) is 0 Å². The molecule has 0 fully saturated rings.